The van der Waals surface area contributed by atoms with Crippen LogP contribution in [0.4, 0.5) is 0 Å². The molecule has 4 fully saturated rings. The van der Waals surface area contributed by atoms with Crippen LogP contribution >= 0.6 is 0 Å². The molecule has 4 unspecified atom stereocenters. The summed E-state index contributed by atoms with van der Waals surface area (Å²) in [5.41, 5.74) is -1.10. The second-order valence-electron chi connectivity index (χ2n) is 12.5. The quantitative estimate of drug-likeness (QED) is 0.411. The number of carbonyl (C=O) groups is 4. The Morgan fingerprint density at radius 2 is 1.42 bits per heavy atom. The predicted octanol–water partition coefficient (Wildman–Crippen LogP) is 2.90. The minimum Gasteiger partial charge on any atom is -0.498 e. The van der Waals surface area contributed by atoms with Crippen molar-refractivity contribution in [3.63, 3.8) is 0 Å². The van der Waals surface area contributed by atoms with E-state index in [-0.39, 0.29) is 40.7 Å². The van der Waals surface area contributed by atoms with Gasteiger partial charge in [-0.1, -0.05) is 23.3 Å². The standard InChI is InChI=1S/C30H32O8/c1-12(2)7-9-28-23(33)18-17-14(5)36-24(19(18)22(32)26(28)37-28)30-16(11-35-15(6)20(17)30)21(31)25-29(38-25,27(30)34)10-8-13(3)4/h7-8,11,14-15,17,20,24-26H,9-10H2,1-6H3/t14?,15?,17-,20?,24+,25?,26+,28-,29+,30-/m1/s1. The molecule has 3 saturated heterocycles. The van der Waals surface area contributed by atoms with E-state index in [0.29, 0.717) is 12.0 Å². The van der Waals surface area contributed by atoms with E-state index >= 15 is 0 Å². The molecule has 1 spiro atoms. The molecule has 0 aromatic heterocycles. The minimum absolute atomic E-state index is 0.202. The van der Waals surface area contributed by atoms with Gasteiger partial charge in [0.2, 0.25) is 0 Å². The monoisotopic (exact) mass is 520 g/mol. The maximum absolute atomic E-state index is 14.7. The van der Waals surface area contributed by atoms with Crippen molar-refractivity contribution in [1.82, 2.24) is 0 Å². The van der Waals surface area contributed by atoms with Crippen molar-refractivity contribution in [2.75, 3.05) is 0 Å². The molecule has 3 aliphatic carbocycles. The number of epoxide rings is 2. The van der Waals surface area contributed by atoms with Crippen LogP contribution in [0.2, 0.25) is 0 Å². The molecular weight excluding hydrogens is 488 g/mol. The van der Waals surface area contributed by atoms with Crippen molar-refractivity contribution in [2.45, 2.75) is 96.1 Å². The van der Waals surface area contributed by atoms with E-state index in [1.165, 1.54) is 6.26 Å². The SMILES string of the molecule is CC(C)=CC[C@]12OC1C(=O)C1=COC(C)C3[C@H]4C5=C(C(=O)[C@@H]6O[C@]6(CC=C(C)C)C5=O)[C@H](OC4C)[C@@]13C2=O. The first-order valence-corrected chi connectivity index (χ1v) is 13.5. The van der Waals surface area contributed by atoms with Gasteiger partial charge in [-0.15, -0.1) is 0 Å². The summed E-state index contributed by atoms with van der Waals surface area (Å²) in [5, 5.41) is 0. The Morgan fingerprint density at radius 1 is 0.816 bits per heavy atom. The fourth-order valence-electron chi connectivity index (χ4n) is 8.01. The Labute approximate surface area is 221 Å². The van der Waals surface area contributed by atoms with Crippen molar-refractivity contribution >= 4 is 23.1 Å². The van der Waals surface area contributed by atoms with E-state index in [2.05, 4.69) is 0 Å². The third-order valence-corrected chi connectivity index (χ3v) is 9.83. The third kappa shape index (κ3) is 2.57. The van der Waals surface area contributed by atoms with Gasteiger partial charge in [0.05, 0.1) is 18.5 Å². The smallest absolute Gasteiger partial charge is 0.195 e. The van der Waals surface area contributed by atoms with Crippen molar-refractivity contribution in [3.05, 3.63) is 46.3 Å². The van der Waals surface area contributed by atoms with Gasteiger partial charge in [0, 0.05) is 41.4 Å². The largest absolute Gasteiger partial charge is 0.498 e. The molecule has 0 aromatic carbocycles. The zero-order valence-electron chi connectivity index (χ0n) is 22.5. The first-order chi connectivity index (χ1) is 17.9. The number of ketones is 4. The molecule has 5 heterocycles. The number of carbonyl (C=O) groups excluding carboxylic acids is 4. The van der Waals surface area contributed by atoms with Crippen LogP contribution in [0.15, 0.2) is 46.3 Å². The van der Waals surface area contributed by atoms with Crippen molar-refractivity contribution < 1.29 is 38.1 Å². The van der Waals surface area contributed by atoms with E-state index in [4.69, 9.17) is 18.9 Å². The van der Waals surface area contributed by atoms with Gasteiger partial charge in [0.1, 0.15) is 11.5 Å². The molecule has 0 amide bonds. The summed E-state index contributed by atoms with van der Waals surface area (Å²) in [6.07, 6.45) is 2.00. The number of fused-ring (bicyclic) bond motifs is 3. The van der Waals surface area contributed by atoms with Gasteiger partial charge in [-0.3, -0.25) is 19.2 Å². The molecule has 8 aliphatic rings. The highest BCUT2D eigenvalue weighted by Gasteiger charge is 2.84. The molecular formula is C30H32O8. The first-order valence-electron chi connectivity index (χ1n) is 13.5. The second-order valence-corrected chi connectivity index (χ2v) is 12.5. The molecule has 8 heteroatoms. The van der Waals surface area contributed by atoms with Crippen molar-refractivity contribution in [2.24, 2.45) is 17.3 Å². The Balaban J connectivity index is 1.43. The number of allylic oxidation sites excluding steroid dienone is 2. The zero-order valence-corrected chi connectivity index (χ0v) is 22.5. The number of hydrogen-bond donors (Lipinski definition) is 0. The van der Waals surface area contributed by atoms with Gasteiger partial charge in [0.25, 0.3) is 0 Å². The van der Waals surface area contributed by atoms with Crippen LogP contribution in [0, 0.1) is 17.3 Å². The highest BCUT2D eigenvalue weighted by atomic mass is 16.6. The third-order valence-electron chi connectivity index (χ3n) is 9.83. The second kappa shape index (κ2) is 7.29. The van der Waals surface area contributed by atoms with Crippen LogP contribution in [0.1, 0.15) is 54.4 Å². The van der Waals surface area contributed by atoms with E-state index in [0.717, 1.165) is 11.1 Å². The Hall–Kier alpha value is -2.68. The Kier molecular flexibility index (Phi) is 4.67. The van der Waals surface area contributed by atoms with Crippen LogP contribution in [-0.4, -0.2) is 64.9 Å². The molecule has 5 aliphatic heterocycles. The first kappa shape index (κ1) is 24.4. The maximum Gasteiger partial charge on any atom is 0.195 e. The van der Waals surface area contributed by atoms with E-state index in [9.17, 15) is 19.2 Å². The average molecular weight is 521 g/mol. The van der Waals surface area contributed by atoms with Crippen LogP contribution in [0.3, 0.4) is 0 Å². The lowest BCUT2D eigenvalue weighted by atomic mass is 9.44. The van der Waals surface area contributed by atoms with E-state index in [1.807, 2.05) is 53.7 Å². The minimum atomic E-state index is -1.46. The average Bonchev–Trinajstić information content (AvgIpc) is 3.78. The van der Waals surface area contributed by atoms with E-state index in [1.54, 1.807) is 0 Å². The highest BCUT2D eigenvalue weighted by molar-refractivity contribution is 6.25. The molecule has 0 aromatic rings. The molecule has 38 heavy (non-hydrogen) atoms. The Bertz CT molecular complexity index is 1370. The van der Waals surface area contributed by atoms with Crippen molar-refractivity contribution in [1.29, 1.82) is 0 Å². The van der Waals surface area contributed by atoms with Crippen molar-refractivity contribution in [3.8, 4) is 0 Å². The van der Waals surface area contributed by atoms with Gasteiger partial charge in [-0.25, -0.2) is 0 Å². The molecule has 1 saturated carbocycles. The topological polar surface area (TPSA) is 112 Å². The summed E-state index contributed by atoms with van der Waals surface area (Å²) in [4.78, 5) is 56.6. The molecule has 10 atom stereocenters. The van der Waals surface area contributed by atoms with Gasteiger partial charge < -0.3 is 18.9 Å². The van der Waals surface area contributed by atoms with Crippen LogP contribution in [0.25, 0.3) is 0 Å². The summed E-state index contributed by atoms with van der Waals surface area (Å²) in [6.45, 7) is 11.5. The molecule has 0 radical (unpaired) electrons. The summed E-state index contributed by atoms with van der Waals surface area (Å²) in [5.74, 6) is -2.23. The lowest BCUT2D eigenvalue weighted by molar-refractivity contribution is -0.206. The highest BCUT2D eigenvalue weighted by Crippen LogP contribution is 2.70. The molecule has 0 N–H and O–H groups in total. The fourth-order valence-corrected chi connectivity index (χ4v) is 8.01. The number of rotatable bonds is 4. The molecule has 2 bridgehead atoms. The Morgan fingerprint density at radius 3 is 2.08 bits per heavy atom. The molecule has 8 nitrogen and oxygen atoms in total. The normalized spacial score (nSPS) is 47.1. The maximum atomic E-state index is 14.7. The summed E-state index contributed by atoms with van der Waals surface area (Å²) in [7, 11) is 0. The fraction of sp³-hybridized carbons (Fsp3) is 0.600. The lowest BCUT2D eigenvalue weighted by Crippen LogP contribution is -2.73. The predicted molar refractivity (Wildman–Crippen MR) is 133 cm³/mol. The summed E-state index contributed by atoms with van der Waals surface area (Å²) >= 11 is 0. The van der Waals surface area contributed by atoms with Gasteiger partial charge >= 0.3 is 0 Å². The molecule has 200 valence electrons. The van der Waals surface area contributed by atoms with Gasteiger partial charge in [0.15, 0.2) is 46.5 Å². The van der Waals surface area contributed by atoms with Crippen LogP contribution in [0.5, 0.6) is 0 Å². The van der Waals surface area contributed by atoms with Gasteiger partial charge in [-0.05, 0) is 41.5 Å². The summed E-state index contributed by atoms with van der Waals surface area (Å²) in [6, 6.07) is 0. The van der Waals surface area contributed by atoms with Gasteiger partial charge in [-0.2, -0.15) is 0 Å². The van der Waals surface area contributed by atoms with Crippen LogP contribution in [-0.2, 0) is 38.1 Å². The van der Waals surface area contributed by atoms with Crippen LogP contribution < -0.4 is 0 Å². The number of Topliss-reactive ketones (excluding diaryl/α,β-unsaturated/α-hetero) is 4. The molecule has 8 rings (SSSR count). The number of ether oxygens (including phenoxy) is 4. The number of hydrogen-bond acceptors (Lipinski definition) is 8. The summed E-state index contributed by atoms with van der Waals surface area (Å²) < 4.78 is 24.3. The van der Waals surface area contributed by atoms with E-state index < -0.39 is 59.0 Å². The lowest BCUT2D eigenvalue weighted by Gasteiger charge is -2.62. The zero-order chi connectivity index (χ0) is 27.1.